The van der Waals surface area contributed by atoms with Crippen LogP contribution in [0, 0.1) is 12.8 Å². The van der Waals surface area contributed by atoms with E-state index in [1.807, 2.05) is 6.92 Å². The van der Waals surface area contributed by atoms with E-state index in [2.05, 4.69) is 14.9 Å². The number of nitrogens with zero attached hydrogens (tertiary/aromatic N) is 3. The molecule has 118 valence electrons. The predicted octanol–water partition coefficient (Wildman–Crippen LogP) is 2.58. The fourth-order valence-electron chi connectivity index (χ4n) is 2.46. The van der Waals surface area contributed by atoms with Crippen LogP contribution in [0.3, 0.4) is 0 Å². The SMILES string of the molecule is Cc1nccnc1CN1CCC(COCC(F)(F)F)CC1. The van der Waals surface area contributed by atoms with Gasteiger partial charge in [-0.15, -0.1) is 0 Å². The lowest BCUT2D eigenvalue weighted by molar-refractivity contribution is -0.177. The van der Waals surface area contributed by atoms with Gasteiger partial charge < -0.3 is 4.74 Å². The smallest absolute Gasteiger partial charge is 0.372 e. The molecule has 1 fully saturated rings. The van der Waals surface area contributed by atoms with Crippen molar-refractivity contribution in [1.29, 1.82) is 0 Å². The van der Waals surface area contributed by atoms with E-state index >= 15 is 0 Å². The van der Waals surface area contributed by atoms with Crippen LogP contribution in [0.4, 0.5) is 13.2 Å². The van der Waals surface area contributed by atoms with Crippen LogP contribution in [-0.2, 0) is 11.3 Å². The molecule has 0 aromatic carbocycles. The second-order valence-electron chi connectivity index (χ2n) is 5.44. The summed E-state index contributed by atoms with van der Waals surface area (Å²) in [6.45, 7) is 3.44. The number of ether oxygens (including phenoxy) is 1. The highest BCUT2D eigenvalue weighted by Gasteiger charge is 2.28. The van der Waals surface area contributed by atoms with Crippen molar-refractivity contribution in [3.8, 4) is 0 Å². The zero-order valence-corrected chi connectivity index (χ0v) is 12.1. The first-order valence-electron chi connectivity index (χ1n) is 7.07. The molecule has 0 spiro atoms. The van der Waals surface area contributed by atoms with Crippen LogP contribution in [0.25, 0.3) is 0 Å². The summed E-state index contributed by atoms with van der Waals surface area (Å²) in [5.74, 6) is 0.214. The maximum absolute atomic E-state index is 12.0. The fraction of sp³-hybridized carbons (Fsp3) is 0.714. The average Bonchev–Trinajstić information content (AvgIpc) is 2.42. The van der Waals surface area contributed by atoms with Crippen molar-refractivity contribution < 1.29 is 17.9 Å². The van der Waals surface area contributed by atoms with Crippen LogP contribution in [0.1, 0.15) is 24.2 Å². The molecule has 2 heterocycles. The summed E-state index contributed by atoms with van der Waals surface area (Å²) in [4.78, 5) is 10.8. The summed E-state index contributed by atoms with van der Waals surface area (Å²) in [7, 11) is 0. The van der Waals surface area contributed by atoms with Crippen LogP contribution in [0.2, 0.25) is 0 Å². The normalized spacial score (nSPS) is 18.1. The zero-order valence-electron chi connectivity index (χ0n) is 12.1. The van der Waals surface area contributed by atoms with Gasteiger partial charge in [0, 0.05) is 25.5 Å². The molecule has 0 aliphatic carbocycles. The number of halogens is 3. The highest BCUT2D eigenvalue weighted by molar-refractivity contribution is 5.08. The van der Waals surface area contributed by atoms with E-state index in [1.165, 1.54) is 0 Å². The second kappa shape index (κ2) is 7.17. The lowest BCUT2D eigenvalue weighted by atomic mass is 9.97. The minimum absolute atomic E-state index is 0.192. The standard InChI is InChI=1S/C14H20F3N3O/c1-11-13(19-5-4-18-11)8-20-6-2-12(3-7-20)9-21-10-14(15,16)17/h4-5,12H,2-3,6-10H2,1H3. The summed E-state index contributed by atoms with van der Waals surface area (Å²) in [6.07, 6.45) is 0.835. The molecule has 0 atom stereocenters. The Morgan fingerprint density at radius 3 is 2.52 bits per heavy atom. The molecule has 1 aliphatic heterocycles. The lowest BCUT2D eigenvalue weighted by Gasteiger charge is -2.31. The summed E-state index contributed by atoms with van der Waals surface area (Å²) < 4.78 is 40.8. The van der Waals surface area contributed by atoms with E-state index in [9.17, 15) is 13.2 Å². The molecule has 0 unspecified atom stereocenters. The van der Waals surface area contributed by atoms with E-state index < -0.39 is 12.8 Å². The number of piperidine rings is 1. The van der Waals surface area contributed by atoms with Gasteiger partial charge in [-0.3, -0.25) is 14.9 Å². The number of hydrogen-bond acceptors (Lipinski definition) is 4. The highest BCUT2D eigenvalue weighted by atomic mass is 19.4. The van der Waals surface area contributed by atoms with E-state index in [0.29, 0.717) is 0 Å². The summed E-state index contributed by atoms with van der Waals surface area (Å²) in [6, 6.07) is 0. The van der Waals surface area contributed by atoms with Gasteiger partial charge in [-0.25, -0.2) is 0 Å². The van der Waals surface area contributed by atoms with Gasteiger partial charge in [0.25, 0.3) is 0 Å². The first kappa shape index (κ1) is 16.2. The van der Waals surface area contributed by atoms with Gasteiger partial charge in [0.1, 0.15) is 6.61 Å². The second-order valence-corrected chi connectivity index (χ2v) is 5.44. The Morgan fingerprint density at radius 1 is 1.24 bits per heavy atom. The van der Waals surface area contributed by atoms with Crippen LogP contribution >= 0.6 is 0 Å². The molecule has 1 aromatic heterocycles. The van der Waals surface area contributed by atoms with Gasteiger partial charge in [0.15, 0.2) is 0 Å². The van der Waals surface area contributed by atoms with E-state index in [4.69, 9.17) is 4.74 Å². The number of hydrogen-bond donors (Lipinski definition) is 0. The molecule has 2 rings (SSSR count). The van der Waals surface area contributed by atoms with Gasteiger partial charge in [0.05, 0.1) is 11.4 Å². The van der Waals surface area contributed by atoms with Gasteiger partial charge in [-0.1, -0.05) is 0 Å². The van der Waals surface area contributed by atoms with Crippen molar-refractivity contribution in [3.05, 3.63) is 23.8 Å². The molecule has 0 amide bonds. The number of rotatable bonds is 5. The molecule has 0 N–H and O–H groups in total. The first-order chi connectivity index (χ1) is 9.94. The zero-order chi connectivity index (χ0) is 15.3. The molecule has 1 aliphatic rings. The van der Waals surface area contributed by atoms with Crippen LogP contribution < -0.4 is 0 Å². The molecule has 1 saturated heterocycles. The highest BCUT2D eigenvalue weighted by Crippen LogP contribution is 2.21. The number of aromatic nitrogens is 2. The molecule has 21 heavy (non-hydrogen) atoms. The summed E-state index contributed by atoms with van der Waals surface area (Å²) in [5, 5.41) is 0. The Labute approximate surface area is 122 Å². The molecule has 0 bridgehead atoms. The first-order valence-corrected chi connectivity index (χ1v) is 7.07. The maximum atomic E-state index is 12.0. The molecular weight excluding hydrogens is 283 g/mol. The average molecular weight is 303 g/mol. The molecular formula is C14H20F3N3O. The van der Waals surface area contributed by atoms with Crippen molar-refractivity contribution in [2.24, 2.45) is 5.92 Å². The monoisotopic (exact) mass is 303 g/mol. The third-order valence-electron chi connectivity index (χ3n) is 3.68. The molecule has 0 saturated carbocycles. The lowest BCUT2D eigenvalue weighted by Crippen LogP contribution is -2.35. The maximum Gasteiger partial charge on any atom is 0.411 e. The van der Waals surface area contributed by atoms with Crippen LogP contribution in [0.5, 0.6) is 0 Å². The van der Waals surface area contributed by atoms with Crippen molar-refractivity contribution in [2.75, 3.05) is 26.3 Å². The molecule has 4 nitrogen and oxygen atoms in total. The molecule has 7 heteroatoms. The van der Waals surface area contributed by atoms with Crippen molar-refractivity contribution in [1.82, 2.24) is 14.9 Å². The fourth-order valence-corrected chi connectivity index (χ4v) is 2.46. The predicted molar refractivity (Wildman–Crippen MR) is 71.6 cm³/mol. The van der Waals surface area contributed by atoms with Gasteiger partial charge in [0.2, 0.25) is 0 Å². The van der Waals surface area contributed by atoms with Crippen molar-refractivity contribution >= 4 is 0 Å². The van der Waals surface area contributed by atoms with Crippen LogP contribution in [-0.4, -0.2) is 47.3 Å². The minimum atomic E-state index is -4.23. The van der Waals surface area contributed by atoms with Crippen LogP contribution in [0.15, 0.2) is 12.4 Å². The third kappa shape index (κ3) is 5.59. The number of likely N-dealkylation sites (tertiary alicyclic amines) is 1. The number of aryl methyl sites for hydroxylation is 1. The van der Waals surface area contributed by atoms with Gasteiger partial charge in [-0.05, 0) is 38.8 Å². The quantitative estimate of drug-likeness (QED) is 0.838. The Kier molecular flexibility index (Phi) is 5.52. The van der Waals surface area contributed by atoms with Gasteiger partial charge in [-0.2, -0.15) is 13.2 Å². The molecule has 1 aromatic rings. The van der Waals surface area contributed by atoms with Crippen molar-refractivity contribution in [3.63, 3.8) is 0 Å². The third-order valence-corrected chi connectivity index (χ3v) is 3.68. The molecule has 0 radical (unpaired) electrons. The van der Waals surface area contributed by atoms with E-state index in [-0.39, 0.29) is 12.5 Å². The Bertz CT molecular complexity index is 445. The topological polar surface area (TPSA) is 38.2 Å². The Morgan fingerprint density at radius 2 is 1.90 bits per heavy atom. The van der Waals surface area contributed by atoms with Gasteiger partial charge >= 0.3 is 6.18 Å². The van der Waals surface area contributed by atoms with Crippen molar-refractivity contribution in [2.45, 2.75) is 32.5 Å². The Balaban J connectivity index is 1.70. The minimum Gasteiger partial charge on any atom is -0.372 e. The van der Waals surface area contributed by atoms with E-state index in [1.54, 1.807) is 12.4 Å². The van der Waals surface area contributed by atoms with E-state index in [0.717, 1.165) is 43.9 Å². The summed E-state index contributed by atoms with van der Waals surface area (Å²) >= 11 is 0. The summed E-state index contributed by atoms with van der Waals surface area (Å²) in [5.41, 5.74) is 1.89. The largest absolute Gasteiger partial charge is 0.411 e. The Hall–Kier alpha value is -1.21. The number of alkyl halides is 3.